The van der Waals surface area contributed by atoms with E-state index in [-0.39, 0.29) is 0 Å². The van der Waals surface area contributed by atoms with Gasteiger partial charge in [-0.25, -0.2) is 13.2 Å². The molecule has 0 aliphatic carbocycles. The topological polar surface area (TPSA) is 0 Å². The molecule has 0 aliphatic heterocycles. The highest BCUT2D eigenvalue weighted by atomic mass is 19.3. The summed E-state index contributed by atoms with van der Waals surface area (Å²) < 4.78 is 38.3. The van der Waals surface area contributed by atoms with Crippen LogP contribution in [0.15, 0.2) is 18.2 Å². The predicted octanol–water partition coefficient (Wildman–Crippen LogP) is 4.06. The molecule has 0 atom stereocenters. The molecule has 0 unspecified atom stereocenters. The first-order valence-corrected chi connectivity index (χ1v) is 4.41. The average Bonchev–Trinajstić information content (AvgIpc) is 2.01. The van der Waals surface area contributed by atoms with Gasteiger partial charge < -0.3 is 0 Å². The minimum absolute atomic E-state index is 0.329. The number of rotatable bonds is 1. The van der Waals surface area contributed by atoms with E-state index in [1.165, 1.54) is 6.07 Å². The number of benzene rings is 1. The largest absolute Gasteiger partial charge is 0.266 e. The van der Waals surface area contributed by atoms with Crippen molar-refractivity contribution in [3.8, 4) is 0 Å². The molecule has 0 aromatic heterocycles. The Morgan fingerprint density at radius 1 is 1.14 bits per heavy atom. The summed E-state index contributed by atoms with van der Waals surface area (Å²) >= 11 is 0. The summed E-state index contributed by atoms with van der Waals surface area (Å²) in [7, 11) is 0. The molecule has 0 spiro atoms. The third-order valence-electron chi connectivity index (χ3n) is 2.07. The molecular weight excluding hydrogens is 189 g/mol. The van der Waals surface area contributed by atoms with E-state index in [0.29, 0.717) is 5.56 Å². The summed E-state index contributed by atoms with van der Waals surface area (Å²) in [6, 6.07) is 4.13. The molecule has 0 nitrogen and oxygen atoms in total. The van der Waals surface area contributed by atoms with E-state index in [9.17, 15) is 13.2 Å². The summed E-state index contributed by atoms with van der Waals surface area (Å²) in [6.07, 6.45) is -2.75. The second-order valence-corrected chi connectivity index (χ2v) is 4.26. The minimum atomic E-state index is -2.75. The SMILES string of the molecule is CC(C)(C)c1cccc(C(F)F)c1F. The van der Waals surface area contributed by atoms with Crippen molar-refractivity contribution in [2.24, 2.45) is 0 Å². The van der Waals surface area contributed by atoms with E-state index in [2.05, 4.69) is 0 Å². The molecule has 0 saturated carbocycles. The lowest BCUT2D eigenvalue weighted by Gasteiger charge is -2.20. The number of hydrogen-bond donors (Lipinski definition) is 0. The molecule has 1 rings (SSSR count). The highest BCUT2D eigenvalue weighted by Gasteiger charge is 2.23. The molecule has 0 heterocycles. The Balaban J connectivity index is 3.28. The van der Waals surface area contributed by atoms with Gasteiger partial charge >= 0.3 is 0 Å². The zero-order valence-electron chi connectivity index (χ0n) is 8.44. The molecule has 3 heteroatoms. The van der Waals surface area contributed by atoms with Crippen molar-refractivity contribution in [1.82, 2.24) is 0 Å². The first kappa shape index (κ1) is 11.1. The summed E-state index contributed by atoms with van der Waals surface area (Å²) in [4.78, 5) is 0. The third-order valence-corrected chi connectivity index (χ3v) is 2.07. The van der Waals surface area contributed by atoms with Crippen LogP contribution in [0.3, 0.4) is 0 Å². The summed E-state index contributed by atoms with van der Waals surface area (Å²) in [6.45, 7) is 5.38. The number of hydrogen-bond acceptors (Lipinski definition) is 0. The van der Waals surface area contributed by atoms with Gasteiger partial charge in [-0.3, -0.25) is 0 Å². The molecule has 0 aliphatic rings. The highest BCUT2D eigenvalue weighted by Crippen LogP contribution is 2.30. The molecule has 0 radical (unpaired) electrons. The summed E-state index contributed by atoms with van der Waals surface area (Å²) in [5.41, 5.74) is -0.637. The lowest BCUT2D eigenvalue weighted by Crippen LogP contribution is -2.14. The van der Waals surface area contributed by atoms with Crippen LogP contribution in [-0.2, 0) is 5.41 Å². The van der Waals surface area contributed by atoms with Crippen molar-refractivity contribution in [2.75, 3.05) is 0 Å². The van der Waals surface area contributed by atoms with Gasteiger partial charge in [0.15, 0.2) is 0 Å². The van der Waals surface area contributed by atoms with Gasteiger partial charge in [-0.1, -0.05) is 39.0 Å². The monoisotopic (exact) mass is 202 g/mol. The lowest BCUT2D eigenvalue weighted by molar-refractivity contribution is 0.146. The third kappa shape index (κ3) is 2.08. The molecule has 1 aromatic rings. The summed E-state index contributed by atoms with van der Waals surface area (Å²) in [5, 5.41) is 0. The molecule has 0 saturated heterocycles. The van der Waals surface area contributed by atoms with E-state index in [1.54, 1.807) is 26.8 Å². The van der Waals surface area contributed by atoms with Crippen LogP contribution in [0, 0.1) is 5.82 Å². The Kier molecular flexibility index (Phi) is 2.88. The van der Waals surface area contributed by atoms with Gasteiger partial charge in [0.25, 0.3) is 6.43 Å². The Bertz CT molecular complexity index is 324. The van der Waals surface area contributed by atoms with Crippen LogP contribution in [0.1, 0.15) is 38.3 Å². The number of alkyl halides is 2. The molecular formula is C11H13F3. The van der Waals surface area contributed by atoms with E-state index in [1.807, 2.05) is 0 Å². The van der Waals surface area contributed by atoms with Gasteiger partial charge in [-0.15, -0.1) is 0 Å². The van der Waals surface area contributed by atoms with Crippen molar-refractivity contribution in [1.29, 1.82) is 0 Å². The number of halogens is 3. The minimum Gasteiger partial charge on any atom is -0.206 e. The fourth-order valence-corrected chi connectivity index (χ4v) is 1.30. The second-order valence-electron chi connectivity index (χ2n) is 4.26. The maximum atomic E-state index is 13.5. The van der Waals surface area contributed by atoms with Crippen molar-refractivity contribution in [2.45, 2.75) is 32.6 Å². The van der Waals surface area contributed by atoms with Crippen LogP contribution < -0.4 is 0 Å². The van der Waals surface area contributed by atoms with Crippen molar-refractivity contribution in [3.05, 3.63) is 35.1 Å². The maximum Gasteiger partial charge on any atom is 0.266 e. The predicted molar refractivity (Wildman–Crippen MR) is 50.1 cm³/mol. The molecule has 0 fully saturated rings. The molecule has 1 aromatic carbocycles. The van der Waals surface area contributed by atoms with Gasteiger partial charge in [0.1, 0.15) is 5.82 Å². The van der Waals surface area contributed by atoms with Crippen LogP contribution in [0.4, 0.5) is 13.2 Å². The van der Waals surface area contributed by atoms with Gasteiger partial charge in [0.05, 0.1) is 5.56 Å². The fraction of sp³-hybridized carbons (Fsp3) is 0.455. The van der Waals surface area contributed by atoms with Crippen molar-refractivity contribution >= 4 is 0 Å². The van der Waals surface area contributed by atoms with Gasteiger partial charge in [-0.2, -0.15) is 0 Å². The molecule has 78 valence electrons. The molecule has 0 amide bonds. The smallest absolute Gasteiger partial charge is 0.206 e. The van der Waals surface area contributed by atoms with E-state index >= 15 is 0 Å². The summed E-state index contributed by atoms with van der Waals surface area (Å²) in [5.74, 6) is -0.782. The Morgan fingerprint density at radius 2 is 1.71 bits per heavy atom. The first-order valence-electron chi connectivity index (χ1n) is 4.41. The van der Waals surface area contributed by atoms with Crippen molar-refractivity contribution in [3.63, 3.8) is 0 Å². The van der Waals surface area contributed by atoms with Gasteiger partial charge in [0, 0.05) is 0 Å². The lowest BCUT2D eigenvalue weighted by atomic mass is 9.85. The Hall–Kier alpha value is -0.990. The maximum absolute atomic E-state index is 13.5. The zero-order chi connectivity index (χ0) is 10.9. The van der Waals surface area contributed by atoms with E-state index < -0.39 is 23.2 Å². The van der Waals surface area contributed by atoms with E-state index in [0.717, 1.165) is 6.07 Å². The van der Waals surface area contributed by atoms with Gasteiger partial charge in [0.2, 0.25) is 0 Å². The normalized spacial score (nSPS) is 12.2. The molecule has 0 bridgehead atoms. The van der Waals surface area contributed by atoms with Crippen molar-refractivity contribution < 1.29 is 13.2 Å². The zero-order valence-corrected chi connectivity index (χ0v) is 8.44. The van der Waals surface area contributed by atoms with E-state index in [4.69, 9.17) is 0 Å². The first-order chi connectivity index (χ1) is 6.34. The standard InChI is InChI=1S/C11H13F3/c1-11(2,3)8-6-4-5-7(9(8)12)10(13)14/h4-6,10H,1-3H3. The van der Waals surface area contributed by atoms with Crippen LogP contribution in [0.5, 0.6) is 0 Å². The second kappa shape index (κ2) is 3.64. The molecule has 14 heavy (non-hydrogen) atoms. The van der Waals surface area contributed by atoms with Gasteiger partial charge in [-0.05, 0) is 11.0 Å². The van der Waals surface area contributed by atoms with Crippen LogP contribution in [0.25, 0.3) is 0 Å². The molecule has 0 N–H and O–H groups in total. The van der Waals surface area contributed by atoms with Crippen LogP contribution in [0.2, 0.25) is 0 Å². The Morgan fingerprint density at radius 3 is 2.14 bits per heavy atom. The van der Waals surface area contributed by atoms with Crippen LogP contribution in [-0.4, -0.2) is 0 Å². The fourth-order valence-electron chi connectivity index (χ4n) is 1.30. The Labute approximate surface area is 81.8 Å². The van der Waals surface area contributed by atoms with Crippen LogP contribution >= 0.6 is 0 Å². The highest BCUT2D eigenvalue weighted by molar-refractivity contribution is 5.31. The quantitative estimate of drug-likeness (QED) is 0.644. The average molecular weight is 202 g/mol.